The standard InChI is InChI=1S/C61H73F6N17O3/c1-36-9-15-68-50(23-36)74-53-30-48(39-7-5-18-82(33-39)56(85)14-22-86-4)71-57(77-53)37(2)81-21-13-40(32-81)49-31-55(76-52-26-42(11-17-70-52)61(65,66)67)78-58(73-49)83-19-6-8-43(83)27-44-24-38(12-20-80(44)3)47-29-54(75-51-25-41(10-16-69-51)60(62,63)64)79-59(72-47)84-34-46-28-45(84)35-87-46/h9-11,15-17,23,25-26,29-31,37-40,43-46H,5-8,12-14,18-22,24,27-28,32-35H2,1-4H3,(H,68,71,74,77)(H,69,72,75,79)(H,70,73,76,78). The maximum absolute atomic E-state index is 14.1. The Morgan fingerprint density at radius 2 is 1.24 bits per heavy atom. The summed E-state index contributed by atoms with van der Waals surface area (Å²) in [5.74, 6) is 3.52. The number of fused-ring (bicyclic) bond motifs is 2. The number of nitrogens with one attached hydrogen (secondary N) is 3. The van der Waals surface area contributed by atoms with Gasteiger partial charge in [-0.1, -0.05) is 0 Å². The van der Waals surface area contributed by atoms with Crippen molar-refractivity contribution in [1.82, 2.24) is 59.6 Å². The highest BCUT2D eigenvalue weighted by Crippen LogP contribution is 2.41. The zero-order chi connectivity index (χ0) is 60.6. The van der Waals surface area contributed by atoms with Crippen molar-refractivity contribution in [3.8, 4) is 0 Å². The zero-order valence-electron chi connectivity index (χ0n) is 49.2. The number of methoxy groups -OCH3 is 1. The molecule has 26 heteroatoms. The molecule has 6 aromatic rings. The van der Waals surface area contributed by atoms with Gasteiger partial charge in [-0.05, 0) is 134 Å². The Morgan fingerprint density at radius 1 is 0.644 bits per heavy atom. The number of ether oxygens (including phenoxy) is 2. The average Bonchev–Trinajstić information content (AvgIpc) is 2.62. The Bertz CT molecular complexity index is 3420. The monoisotopic (exact) mass is 1210 g/mol. The van der Waals surface area contributed by atoms with Gasteiger partial charge in [0.1, 0.15) is 40.7 Å². The number of pyridine rings is 3. The first kappa shape index (κ1) is 59.9. The predicted molar refractivity (Wildman–Crippen MR) is 315 cm³/mol. The Hall–Kier alpha value is -7.42. The summed E-state index contributed by atoms with van der Waals surface area (Å²) in [5, 5.41) is 9.63. The van der Waals surface area contributed by atoms with E-state index in [1.165, 1.54) is 0 Å². The van der Waals surface area contributed by atoms with E-state index < -0.39 is 23.5 Å². The summed E-state index contributed by atoms with van der Waals surface area (Å²) in [6.45, 7) is 9.56. The SMILES string of the molecule is COCCC(=O)N1CCCC(c2cc(Nc3cc(C)ccn3)nc(C(C)N3CCC(c4cc(Nc5cc(C(F)(F)F)ccn5)nc(N5CCCC5CC5CC(c6cc(Nc7cc(C(F)(F)F)ccn7)nc(N7CC8CC7CO8)n6)CCN5C)n4)C3)n2)C1. The summed E-state index contributed by atoms with van der Waals surface area (Å²) in [5.41, 5.74) is 1.77. The summed E-state index contributed by atoms with van der Waals surface area (Å²) in [7, 11) is 3.72. The van der Waals surface area contributed by atoms with Gasteiger partial charge in [0.25, 0.3) is 0 Å². The van der Waals surface area contributed by atoms with Gasteiger partial charge >= 0.3 is 12.4 Å². The van der Waals surface area contributed by atoms with Crippen molar-refractivity contribution in [1.29, 1.82) is 0 Å². The van der Waals surface area contributed by atoms with Crippen molar-refractivity contribution in [3.63, 3.8) is 0 Å². The van der Waals surface area contributed by atoms with Gasteiger partial charge in [0.05, 0.1) is 66.0 Å². The number of hydrogen-bond acceptors (Lipinski definition) is 19. The predicted octanol–water partition coefficient (Wildman–Crippen LogP) is 10.3. The van der Waals surface area contributed by atoms with E-state index in [2.05, 4.69) is 64.5 Å². The number of hydrogen-bond donors (Lipinski definition) is 3. The lowest BCUT2D eigenvalue weighted by molar-refractivity contribution is -0.138. The van der Waals surface area contributed by atoms with Crippen molar-refractivity contribution < 1.29 is 40.6 Å². The van der Waals surface area contributed by atoms with Crippen molar-refractivity contribution in [3.05, 3.63) is 113 Å². The molecule has 8 unspecified atom stereocenters. The number of halogens is 6. The number of aromatic nitrogens is 9. The van der Waals surface area contributed by atoms with E-state index in [1.807, 2.05) is 42.2 Å². The number of anilines is 8. The smallest absolute Gasteiger partial charge is 0.384 e. The second kappa shape index (κ2) is 25.4. The van der Waals surface area contributed by atoms with E-state index in [1.54, 1.807) is 13.3 Å². The summed E-state index contributed by atoms with van der Waals surface area (Å²) in [6.07, 6.45) is 2.58. The van der Waals surface area contributed by atoms with Crippen LogP contribution in [0.2, 0.25) is 0 Å². The first-order chi connectivity index (χ1) is 41.8. The van der Waals surface area contributed by atoms with Gasteiger partial charge in [-0.2, -0.15) is 36.3 Å². The molecule has 0 aliphatic carbocycles. The molecule has 6 aromatic heterocycles. The Morgan fingerprint density at radius 3 is 1.87 bits per heavy atom. The first-order valence-electron chi connectivity index (χ1n) is 30.2. The summed E-state index contributed by atoms with van der Waals surface area (Å²) in [4.78, 5) is 68.0. The molecule has 6 aliphatic heterocycles. The third-order valence-electron chi connectivity index (χ3n) is 18.1. The maximum Gasteiger partial charge on any atom is 0.416 e. The first-order valence-corrected chi connectivity index (χ1v) is 30.2. The fourth-order valence-electron chi connectivity index (χ4n) is 13.4. The second-order valence-corrected chi connectivity index (χ2v) is 24.1. The van der Waals surface area contributed by atoms with Crippen molar-refractivity contribution >= 4 is 52.7 Å². The molecular formula is C61H73F6N17O3. The molecule has 20 nitrogen and oxygen atoms in total. The molecule has 0 saturated carbocycles. The van der Waals surface area contributed by atoms with Crippen LogP contribution in [0.3, 0.4) is 0 Å². The van der Waals surface area contributed by atoms with Gasteiger partial charge in [0, 0.05) is 106 Å². The van der Waals surface area contributed by atoms with Crippen LogP contribution >= 0.6 is 0 Å². The maximum atomic E-state index is 14.1. The molecule has 0 radical (unpaired) electrons. The number of likely N-dealkylation sites (tertiary alicyclic amines) is 3. The molecular weight excluding hydrogens is 1130 g/mol. The molecule has 2 bridgehead atoms. The molecule has 12 heterocycles. The van der Waals surface area contributed by atoms with Crippen LogP contribution in [-0.2, 0) is 26.6 Å². The molecule has 3 N–H and O–H groups in total. The summed E-state index contributed by atoms with van der Waals surface area (Å²) in [6, 6.07) is 13.3. The highest BCUT2D eigenvalue weighted by Gasteiger charge is 2.42. The van der Waals surface area contributed by atoms with Crippen LogP contribution in [0.1, 0.15) is 135 Å². The van der Waals surface area contributed by atoms with Crippen LogP contribution in [0.15, 0.2) is 73.2 Å². The largest absolute Gasteiger partial charge is 0.416 e. The number of alkyl halides is 6. The minimum atomic E-state index is -4.58. The molecule has 1 amide bonds. The van der Waals surface area contributed by atoms with Crippen molar-refractivity contribution in [2.24, 2.45) is 0 Å². The number of aryl methyl sites for hydroxylation is 1. The van der Waals surface area contributed by atoms with E-state index in [-0.39, 0.29) is 65.6 Å². The molecule has 6 saturated heterocycles. The van der Waals surface area contributed by atoms with E-state index >= 15 is 0 Å². The number of piperidine rings is 2. The quantitative estimate of drug-likeness (QED) is 0.0685. The third-order valence-corrected chi connectivity index (χ3v) is 18.1. The highest BCUT2D eigenvalue weighted by molar-refractivity contribution is 5.76. The minimum absolute atomic E-state index is 0.000528. The fraction of sp³-hybridized carbons (Fsp3) is 0.541. The van der Waals surface area contributed by atoms with Crippen LogP contribution in [0.25, 0.3) is 0 Å². The van der Waals surface area contributed by atoms with E-state index in [9.17, 15) is 31.1 Å². The highest BCUT2D eigenvalue weighted by atomic mass is 19.4. The molecule has 0 spiro atoms. The van der Waals surface area contributed by atoms with E-state index in [4.69, 9.17) is 39.4 Å². The van der Waals surface area contributed by atoms with Crippen LogP contribution in [0.5, 0.6) is 0 Å². The molecule has 6 aliphatic rings. The molecule has 8 atom stereocenters. The Kier molecular flexibility index (Phi) is 17.5. The lowest BCUT2D eigenvalue weighted by atomic mass is 9.85. The van der Waals surface area contributed by atoms with Crippen LogP contribution < -0.4 is 25.8 Å². The minimum Gasteiger partial charge on any atom is -0.384 e. The van der Waals surface area contributed by atoms with Crippen molar-refractivity contribution in [2.75, 3.05) is 98.9 Å². The summed E-state index contributed by atoms with van der Waals surface area (Å²) < 4.78 is 94.7. The second-order valence-electron chi connectivity index (χ2n) is 24.1. The van der Waals surface area contributed by atoms with Crippen LogP contribution in [0, 0.1) is 6.92 Å². The van der Waals surface area contributed by atoms with Crippen molar-refractivity contribution in [2.45, 2.75) is 138 Å². The molecule has 6 fully saturated rings. The lowest BCUT2D eigenvalue weighted by Gasteiger charge is -2.40. The van der Waals surface area contributed by atoms with Gasteiger partial charge in [0.15, 0.2) is 0 Å². The average molecular weight is 1210 g/mol. The molecule has 12 rings (SSSR count). The number of amides is 1. The number of carbonyl (C=O) groups is 1. The summed E-state index contributed by atoms with van der Waals surface area (Å²) >= 11 is 0. The number of morpholine rings is 1. The number of nitrogens with zero attached hydrogens (tertiary/aromatic N) is 14. The van der Waals surface area contributed by atoms with Crippen LogP contribution in [-0.4, -0.2) is 163 Å². The van der Waals surface area contributed by atoms with Gasteiger partial charge < -0.3 is 45.0 Å². The number of carbonyl (C=O) groups excluding carboxylic acids is 1. The van der Waals surface area contributed by atoms with E-state index in [0.29, 0.717) is 99.9 Å². The van der Waals surface area contributed by atoms with Gasteiger partial charge in [-0.15, -0.1) is 0 Å². The third kappa shape index (κ3) is 14.0. The molecule has 0 aromatic carbocycles. The lowest BCUT2D eigenvalue weighted by Crippen LogP contribution is -2.44. The normalized spacial score (nSPS) is 24.0. The molecule has 87 heavy (non-hydrogen) atoms. The van der Waals surface area contributed by atoms with Gasteiger partial charge in [-0.25, -0.2) is 34.9 Å². The van der Waals surface area contributed by atoms with E-state index in [0.717, 1.165) is 124 Å². The van der Waals surface area contributed by atoms with Crippen LogP contribution in [0.4, 0.5) is 73.1 Å². The Balaban J connectivity index is 0.805. The van der Waals surface area contributed by atoms with Gasteiger partial charge in [-0.3, -0.25) is 9.69 Å². The Labute approximate surface area is 501 Å². The zero-order valence-corrected chi connectivity index (χ0v) is 49.2. The van der Waals surface area contributed by atoms with Gasteiger partial charge in [0.2, 0.25) is 17.8 Å². The fourth-order valence-corrected chi connectivity index (χ4v) is 13.4. The topological polar surface area (TPSA) is 204 Å². The number of rotatable bonds is 18. The molecule has 462 valence electrons.